The Balaban J connectivity index is 2.21. The monoisotopic (exact) mass is 267 g/mol. The molecule has 0 saturated carbocycles. The van der Waals surface area contributed by atoms with Crippen molar-refractivity contribution in [2.75, 3.05) is 37.3 Å². The van der Waals surface area contributed by atoms with Gasteiger partial charge >= 0.3 is 0 Å². The standard InChI is InChI=1S/C13H21N3OS/c1-4-11(17)13-10(14)7-12(18-13)16-6-5-15(3)8-9(16)2/h7,9H,4-6,8,14H2,1-3H3. The van der Waals surface area contributed by atoms with Crippen LogP contribution in [0.1, 0.15) is 29.9 Å². The van der Waals surface area contributed by atoms with Crippen LogP contribution in [-0.4, -0.2) is 43.4 Å². The van der Waals surface area contributed by atoms with E-state index in [2.05, 4.69) is 23.8 Å². The zero-order valence-corrected chi connectivity index (χ0v) is 12.1. The molecule has 1 saturated heterocycles. The SMILES string of the molecule is CCC(=O)c1sc(N2CCN(C)CC2C)cc1N. The summed E-state index contributed by atoms with van der Waals surface area (Å²) in [5.74, 6) is 0.144. The third-order valence-corrected chi connectivity index (χ3v) is 4.66. The number of thiophene rings is 1. The molecular weight excluding hydrogens is 246 g/mol. The van der Waals surface area contributed by atoms with Crippen LogP contribution in [0.25, 0.3) is 0 Å². The van der Waals surface area contributed by atoms with Crippen LogP contribution < -0.4 is 10.6 Å². The van der Waals surface area contributed by atoms with Crippen molar-refractivity contribution in [1.82, 2.24) is 4.90 Å². The summed E-state index contributed by atoms with van der Waals surface area (Å²) in [5.41, 5.74) is 6.58. The van der Waals surface area contributed by atoms with Crippen LogP contribution in [0.3, 0.4) is 0 Å². The Labute approximate surface area is 112 Å². The summed E-state index contributed by atoms with van der Waals surface area (Å²) in [6.07, 6.45) is 0.516. The molecule has 1 aliphatic heterocycles. The Kier molecular flexibility index (Phi) is 3.92. The molecule has 1 aliphatic rings. The van der Waals surface area contributed by atoms with Gasteiger partial charge in [0.15, 0.2) is 5.78 Å². The number of carbonyl (C=O) groups is 1. The van der Waals surface area contributed by atoms with Gasteiger partial charge in [0.2, 0.25) is 0 Å². The minimum atomic E-state index is 0.144. The van der Waals surface area contributed by atoms with Gasteiger partial charge in [-0.2, -0.15) is 0 Å². The fourth-order valence-electron chi connectivity index (χ4n) is 2.38. The second-order valence-corrected chi connectivity index (χ2v) is 5.98. The normalized spacial score (nSPS) is 21.3. The van der Waals surface area contributed by atoms with E-state index in [-0.39, 0.29) is 5.78 Å². The number of nitrogens with zero attached hydrogens (tertiary/aromatic N) is 2. The number of Topliss-reactive ketones (excluding diaryl/α,β-unsaturated/α-hetero) is 1. The minimum absolute atomic E-state index is 0.144. The van der Waals surface area contributed by atoms with Gasteiger partial charge in [0.05, 0.1) is 15.6 Å². The highest BCUT2D eigenvalue weighted by atomic mass is 32.1. The summed E-state index contributed by atoms with van der Waals surface area (Å²) in [5, 5.41) is 1.13. The molecule has 18 heavy (non-hydrogen) atoms. The molecule has 1 unspecified atom stereocenters. The Hall–Kier alpha value is -1.07. The maximum Gasteiger partial charge on any atom is 0.174 e. The van der Waals surface area contributed by atoms with Crippen LogP contribution >= 0.6 is 11.3 Å². The summed E-state index contributed by atoms with van der Waals surface area (Å²) in [7, 11) is 2.14. The summed E-state index contributed by atoms with van der Waals surface area (Å²) >= 11 is 1.54. The highest BCUT2D eigenvalue weighted by Crippen LogP contribution is 2.34. The fourth-order valence-corrected chi connectivity index (χ4v) is 3.60. The molecule has 1 aromatic heterocycles. The zero-order valence-electron chi connectivity index (χ0n) is 11.3. The van der Waals surface area contributed by atoms with E-state index in [9.17, 15) is 4.79 Å². The lowest BCUT2D eigenvalue weighted by Gasteiger charge is -2.38. The molecule has 0 amide bonds. The number of carbonyl (C=O) groups excluding carboxylic acids is 1. The van der Waals surface area contributed by atoms with Crippen LogP contribution in [0.5, 0.6) is 0 Å². The lowest BCUT2D eigenvalue weighted by molar-refractivity contribution is 0.0993. The summed E-state index contributed by atoms with van der Waals surface area (Å²) in [6, 6.07) is 2.42. The Morgan fingerprint density at radius 1 is 1.56 bits per heavy atom. The third kappa shape index (κ3) is 2.52. The minimum Gasteiger partial charge on any atom is -0.397 e. The molecule has 1 atom stereocenters. The van der Waals surface area contributed by atoms with Crippen LogP contribution in [0.15, 0.2) is 6.07 Å². The number of piperazine rings is 1. The molecule has 4 nitrogen and oxygen atoms in total. The zero-order chi connectivity index (χ0) is 13.3. The Morgan fingerprint density at radius 2 is 2.28 bits per heavy atom. The molecule has 0 radical (unpaired) electrons. The molecule has 2 N–H and O–H groups in total. The van der Waals surface area contributed by atoms with E-state index in [4.69, 9.17) is 5.73 Å². The highest BCUT2D eigenvalue weighted by molar-refractivity contribution is 7.18. The first-order valence-corrected chi connectivity index (χ1v) is 7.22. The van der Waals surface area contributed by atoms with E-state index in [1.807, 2.05) is 13.0 Å². The van der Waals surface area contributed by atoms with E-state index < -0.39 is 0 Å². The van der Waals surface area contributed by atoms with E-state index in [1.165, 1.54) is 11.3 Å². The van der Waals surface area contributed by atoms with E-state index >= 15 is 0 Å². The van der Waals surface area contributed by atoms with Crippen molar-refractivity contribution in [2.24, 2.45) is 0 Å². The predicted molar refractivity (Wildman–Crippen MR) is 77.7 cm³/mol. The van der Waals surface area contributed by atoms with Crippen molar-refractivity contribution in [1.29, 1.82) is 0 Å². The van der Waals surface area contributed by atoms with Crippen molar-refractivity contribution in [3.8, 4) is 0 Å². The molecule has 0 aromatic carbocycles. The van der Waals surface area contributed by atoms with Gasteiger partial charge in [-0.3, -0.25) is 4.79 Å². The van der Waals surface area contributed by atoms with Crippen molar-refractivity contribution in [3.05, 3.63) is 10.9 Å². The number of anilines is 2. The van der Waals surface area contributed by atoms with Gasteiger partial charge in [0.1, 0.15) is 0 Å². The first-order chi connectivity index (χ1) is 8.52. The maximum absolute atomic E-state index is 11.8. The number of ketones is 1. The van der Waals surface area contributed by atoms with Crippen molar-refractivity contribution in [2.45, 2.75) is 26.3 Å². The quantitative estimate of drug-likeness (QED) is 0.852. The number of likely N-dealkylation sites (N-methyl/N-ethyl adjacent to an activating group) is 1. The highest BCUT2D eigenvalue weighted by Gasteiger charge is 2.24. The van der Waals surface area contributed by atoms with Crippen molar-refractivity contribution in [3.63, 3.8) is 0 Å². The number of nitrogens with two attached hydrogens (primary N) is 1. The smallest absolute Gasteiger partial charge is 0.174 e. The van der Waals surface area contributed by atoms with Crippen LogP contribution in [0.4, 0.5) is 10.7 Å². The largest absolute Gasteiger partial charge is 0.397 e. The number of nitrogen functional groups attached to an aromatic ring is 1. The second-order valence-electron chi connectivity index (χ2n) is 4.95. The molecular formula is C13H21N3OS. The van der Waals surface area contributed by atoms with E-state index in [0.29, 0.717) is 18.2 Å². The van der Waals surface area contributed by atoms with Crippen LogP contribution in [0, 0.1) is 0 Å². The molecule has 2 rings (SSSR count). The predicted octanol–water partition coefficient (Wildman–Crippen LogP) is 2.06. The van der Waals surface area contributed by atoms with Gasteiger partial charge in [0, 0.05) is 32.1 Å². The van der Waals surface area contributed by atoms with Gasteiger partial charge in [-0.05, 0) is 20.0 Å². The molecule has 0 spiro atoms. The van der Waals surface area contributed by atoms with E-state index in [1.54, 1.807) is 0 Å². The molecule has 1 fully saturated rings. The summed E-state index contributed by atoms with van der Waals surface area (Å²) < 4.78 is 0. The third-order valence-electron chi connectivity index (χ3n) is 3.44. The second kappa shape index (κ2) is 5.28. The van der Waals surface area contributed by atoms with Gasteiger partial charge in [0.25, 0.3) is 0 Å². The number of hydrogen-bond donors (Lipinski definition) is 1. The van der Waals surface area contributed by atoms with Crippen LogP contribution in [-0.2, 0) is 0 Å². The Morgan fingerprint density at radius 3 is 2.89 bits per heavy atom. The first kappa shape index (κ1) is 13.4. The molecule has 5 heteroatoms. The molecule has 1 aromatic rings. The average molecular weight is 267 g/mol. The summed E-state index contributed by atoms with van der Waals surface area (Å²) in [4.78, 5) is 17.2. The topological polar surface area (TPSA) is 49.6 Å². The molecule has 0 bridgehead atoms. The molecule has 100 valence electrons. The number of rotatable bonds is 3. The van der Waals surface area contributed by atoms with Gasteiger partial charge < -0.3 is 15.5 Å². The van der Waals surface area contributed by atoms with Crippen LogP contribution in [0.2, 0.25) is 0 Å². The fraction of sp³-hybridized carbons (Fsp3) is 0.615. The Bertz CT molecular complexity index is 443. The number of hydrogen-bond acceptors (Lipinski definition) is 5. The first-order valence-electron chi connectivity index (χ1n) is 6.40. The van der Waals surface area contributed by atoms with Crippen molar-refractivity contribution >= 4 is 27.8 Å². The lowest BCUT2D eigenvalue weighted by atomic mass is 10.2. The van der Waals surface area contributed by atoms with Gasteiger partial charge in [-0.1, -0.05) is 6.92 Å². The molecule has 0 aliphatic carbocycles. The lowest BCUT2D eigenvalue weighted by Crippen LogP contribution is -2.50. The molecule has 2 heterocycles. The van der Waals surface area contributed by atoms with E-state index in [0.717, 1.165) is 29.5 Å². The van der Waals surface area contributed by atoms with Gasteiger partial charge in [-0.25, -0.2) is 0 Å². The summed E-state index contributed by atoms with van der Waals surface area (Å²) in [6.45, 7) is 7.19. The van der Waals surface area contributed by atoms with Crippen molar-refractivity contribution < 1.29 is 4.79 Å². The average Bonchev–Trinajstić information content (AvgIpc) is 2.70. The maximum atomic E-state index is 11.8. The van der Waals surface area contributed by atoms with Gasteiger partial charge in [-0.15, -0.1) is 11.3 Å².